The van der Waals surface area contributed by atoms with Crippen LogP contribution < -0.4 is 0 Å². The Bertz CT molecular complexity index is 326. The summed E-state index contributed by atoms with van der Waals surface area (Å²) in [6, 6.07) is 3.88. The second kappa shape index (κ2) is 7.22. The molecule has 0 unspecified atom stereocenters. The zero-order chi connectivity index (χ0) is 11.9. The van der Waals surface area contributed by atoms with Crippen molar-refractivity contribution in [2.75, 3.05) is 5.75 Å². The van der Waals surface area contributed by atoms with Crippen LogP contribution in [0, 0.1) is 0 Å². The van der Waals surface area contributed by atoms with Crippen LogP contribution in [0.1, 0.15) is 54.6 Å². The lowest BCUT2D eigenvalue weighted by atomic mass is 10.0. The first kappa shape index (κ1) is 13.2. The Morgan fingerprint density at radius 3 is 2.88 bits per heavy atom. The molecule has 3 heteroatoms. The lowest BCUT2D eigenvalue weighted by molar-refractivity contribution is 0.0986. The highest BCUT2D eigenvalue weighted by Gasteiger charge is 2.13. The molecule has 0 atom stereocenters. The largest absolute Gasteiger partial charge is 0.293 e. The predicted molar refractivity (Wildman–Crippen MR) is 77.2 cm³/mol. The van der Waals surface area contributed by atoms with Gasteiger partial charge in [0, 0.05) is 11.7 Å². The molecule has 0 bridgehead atoms. The molecular formula is C14H20OS2. The molecule has 1 heterocycles. The van der Waals surface area contributed by atoms with E-state index in [1.54, 1.807) is 11.3 Å². The molecule has 1 aromatic heterocycles. The van der Waals surface area contributed by atoms with Gasteiger partial charge in [-0.3, -0.25) is 4.79 Å². The summed E-state index contributed by atoms with van der Waals surface area (Å²) in [5.41, 5.74) is 0. The van der Waals surface area contributed by atoms with E-state index in [2.05, 4.69) is 11.8 Å². The molecular weight excluding hydrogens is 248 g/mol. The number of hydrogen-bond donors (Lipinski definition) is 0. The van der Waals surface area contributed by atoms with Crippen LogP contribution in [-0.2, 0) is 0 Å². The first-order valence-electron chi connectivity index (χ1n) is 6.54. The maximum absolute atomic E-state index is 11.8. The molecule has 17 heavy (non-hydrogen) atoms. The van der Waals surface area contributed by atoms with E-state index in [4.69, 9.17) is 0 Å². The van der Waals surface area contributed by atoms with Gasteiger partial charge in [-0.05, 0) is 36.5 Å². The predicted octanol–water partition coefficient (Wildman–Crippen LogP) is 4.78. The van der Waals surface area contributed by atoms with Gasteiger partial charge in [0.25, 0.3) is 0 Å². The third-order valence-electron chi connectivity index (χ3n) is 3.25. The molecule has 1 saturated carbocycles. The number of hydrogen-bond acceptors (Lipinski definition) is 3. The van der Waals surface area contributed by atoms with Gasteiger partial charge < -0.3 is 0 Å². The van der Waals surface area contributed by atoms with Crippen molar-refractivity contribution in [3.63, 3.8) is 0 Å². The highest BCUT2D eigenvalue weighted by Crippen LogP contribution is 2.28. The van der Waals surface area contributed by atoms with Gasteiger partial charge in [-0.2, -0.15) is 11.8 Å². The van der Waals surface area contributed by atoms with Crippen molar-refractivity contribution in [2.24, 2.45) is 0 Å². The quantitative estimate of drug-likeness (QED) is 0.545. The molecule has 1 aliphatic rings. The average molecular weight is 268 g/mol. The summed E-state index contributed by atoms with van der Waals surface area (Å²) < 4.78 is 0. The average Bonchev–Trinajstić information content (AvgIpc) is 2.89. The Hall–Kier alpha value is -0.280. The molecule has 0 radical (unpaired) electrons. The van der Waals surface area contributed by atoms with Gasteiger partial charge >= 0.3 is 0 Å². The molecule has 2 rings (SSSR count). The summed E-state index contributed by atoms with van der Waals surface area (Å²) >= 11 is 3.65. The van der Waals surface area contributed by atoms with Crippen LogP contribution in [0.4, 0.5) is 0 Å². The van der Waals surface area contributed by atoms with E-state index in [9.17, 15) is 4.79 Å². The van der Waals surface area contributed by atoms with Crippen molar-refractivity contribution in [2.45, 2.75) is 50.2 Å². The molecule has 1 aromatic rings. The van der Waals surface area contributed by atoms with Crippen LogP contribution in [0.25, 0.3) is 0 Å². The molecule has 1 nitrogen and oxygen atoms in total. The summed E-state index contributed by atoms with van der Waals surface area (Å²) in [5, 5.41) is 2.85. The number of carbonyl (C=O) groups excluding carboxylic acids is 1. The van der Waals surface area contributed by atoms with Crippen molar-refractivity contribution in [1.82, 2.24) is 0 Å². The van der Waals surface area contributed by atoms with Crippen molar-refractivity contribution in [1.29, 1.82) is 0 Å². The lowest BCUT2D eigenvalue weighted by Crippen LogP contribution is -2.09. The monoisotopic (exact) mass is 268 g/mol. The molecule has 94 valence electrons. The first-order chi connectivity index (χ1) is 8.36. The van der Waals surface area contributed by atoms with E-state index >= 15 is 0 Å². The fraction of sp³-hybridized carbons (Fsp3) is 0.643. The Labute approximate surface area is 112 Å². The molecule has 0 amide bonds. The molecule has 1 fully saturated rings. The van der Waals surface area contributed by atoms with Gasteiger partial charge in [-0.25, -0.2) is 0 Å². The van der Waals surface area contributed by atoms with Crippen LogP contribution in [0.5, 0.6) is 0 Å². The SMILES string of the molecule is O=C(CCCSC1CCCCC1)c1cccs1. The van der Waals surface area contributed by atoms with Gasteiger partial charge in [0.15, 0.2) is 5.78 Å². The van der Waals surface area contributed by atoms with Crippen molar-refractivity contribution < 1.29 is 4.79 Å². The van der Waals surface area contributed by atoms with Crippen LogP contribution in [0.2, 0.25) is 0 Å². The smallest absolute Gasteiger partial charge is 0.172 e. The van der Waals surface area contributed by atoms with Crippen molar-refractivity contribution in [3.05, 3.63) is 22.4 Å². The molecule has 0 aromatic carbocycles. The number of Topliss-reactive ketones (excluding diaryl/α,β-unsaturated/α-hetero) is 1. The fourth-order valence-electron chi connectivity index (χ4n) is 2.27. The van der Waals surface area contributed by atoms with Crippen LogP contribution in [-0.4, -0.2) is 16.8 Å². The lowest BCUT2D eigenvalue weighted by Gasteiger charge is -2.20. The molecule has 1 aliphatic carbocycles. The van der Waals surface area contributed by atoms with E-state index in [0.29, 0.717) is 5.78 Å². The number of carbonyl (C=O) groups is 1. The molecule has 0 spiro atoms. The van der Waals surface area contributed by atoms with Crippen LogP contribution >= 0.6 is 23.1 Å². The van der Waals surface area contributed by atoms with Gasteiger partial charge in [-0.15, -0.1) is 11.3 Å². The second-order valence-electron chi connectivity index (χ2n) is 4.63. The summed E-state index contributed by atoms with van der Waals surface area (Å²) in [6.07, 6.45) is 8.79. The summed E-state index contributed by atoms with van der Waals surface area (Å²) in [5.74, 6) is 1.48. The Morgan fingerprint density at radius 2 is 2.18 bits per heavy atom. The van der Waals surface area contributed by atoms with E-state index in [0.717, 1.165) is 28.7 Å². The minimum absolute atomic E-state index is 0.323. The van der Waals surface area contributed by atoms with Crippen molar-refractivity contribution >= 4 is 28.9 Å². The fourth-order valence-corrected chi connectivity index (χ4v) is 4.28. The first-order valence-corrected chi connectivity index (χ1v) is 8.47. The van der Waals surface area contributed by atoms with Crippen molar-refractivity contribution in [3.8, 4) is 0 Å². The third-order valence-corrected chi connectivity index (χ3v) is 5.63. The summed E-state index contributed by atoms with van der Waals surface area (Å²) in [4.78, 5) is 12.7. The number of thiophene rings is 1. The number of ketones is 1. The maximum atomic E-state index is 11.8. The Morgan fingerprint density at radius 1 is 1.35 bits per heavy atom. The minimum atomic E-state index is 0.323. The zero-order valence-corrected chi connectivity index (χ0v) is 11.8. The molecule has 0 N–H and O–H groups in total. The van der Waals surface area contributed by atoms with Gasteiger partial charge in [0.1, 0.15) is 0 Å². The highest BCUT2D eigenvalue weighted by molar-refractivity contribution is 7.99. The minimum Gasteiger partial charge on any atom is -0.293 e. The Balaban J connectivity index is 1.58. The van der Waals surface area contributed by atoms with E-state index in [-0.39, 0.29) is 0 Å². The normalized spacial score (nSPS) is 17.2. The standard InChI is InChI=1S/C14H20OS2/c15-13(14-9-5-11-17-14)8-4-10-16-12-6-2-1-3-7-12/h5,9,11-12H,1-4,6-8,10H2. The van der Waals surface area contributed by atoms with Gasteiger partial charge in [0.2, 0.25) is 0 Å². The number of thioether (sulfide) groups is 1. The second-order valence-corrected chi connectivity index (χ2v) is 6.99. The van der Waals surface area contributed by atoms with E-state index in [1.165, 1.54) is 32.1 Å². The molecule has 0 saturated heterocycles. The summed E-state index contributed by atoms with van der Waals surface area (Å²) in [6.45, 7) is 0. The van der Waals surface area contributed by atoms with Gasteiger partial charge in [-0.1, -0.05) is 25.3 Å². The van der Waals surface area contributed by atoms with Gasteiger partial charge in [0.05, 0.1) is 4.88 Å². The zero-order valence-electron chi connectivity index (χ0n) is 10.2. The maximum Gasteiger partial charge on any atom is 0.172 e. The topological polar surface area (TPSA) is 17.1 Å². The Kier molecular flexibility index (Phi) is 5.59. The van der Waals surface area contributed by atoms with E-state index in [1.807, 2.05) is 17.5 Å². The van der Waals surface area contributed by atoms with Crippen LogP contribution in [0.15, 0.2) is 17.5 Å². The van der Waals surface area contributed by atoms with Crippen LogP contribution in [0.3, 0.4) is 0 Å². The summed E-state index contributed by atoms with van der Waals surface area (Å²) in [7, 11) is 0. The number of rotatable bonds is 6. The highest BCUT2D eigenvalue weighted by atomic mass is 32.2. The van der Waals surface area contributed by atoms with E-state index < -0.39 is 0 Å². The molecule has 0 aliphatic heterocycles. The third kappa shape index (κ3) is 4.47.